The number of hydrogen-bond acceptors (Lipinski definition) is 3. The van der Waals surface area contributed by atoms with Crippen LogP contribution in [0.1, 0.15) is 12.5 Å². The summed E-state index contributed by atoms with van der Waals surface area (Å²) in [6.45, 7) is 4.42. The lowest BCUT2D eigenvalue weighted by molar-refractivity contribution is -0.132. The van der Waals surface area contributed by atoms with Crippen molar-refractivity contribution in [3.05, 3.63) is 66.0 Å². The number of halogens is 1. The van der Waals surface area contributed by atoms with Crippen molar-refractivity contribution in [1.82, 2.24) is 9.80 Å². The van der Waals surface area contributed by atoms with Gasteiger partial charge in [-0.1, -0.05) is 42.5 Å². The van der Waals surface area contributed by atoms with E-state index in [2.05, 4.69) is 0 Å². The molecule has 25 heavy (non-hydrogen) atoms. The number of nitrogens with zero attached hydrogens (tertiary/aromatic N) is 2. The molecule has 4 nitrogen and oxygen atoms in total. The average Bonchev–Trinajstić information content (AvgIpc) is 2.62. The molecule has 0 unspecified atom stereocenters. The molecular weight excluding hydrogens is 319 g/mol. The van der Waals surface area contributed by atoms with Crippen LogP contribution in [0, 0.1) is 5.82 Å². The molecule has 0 N–H and O–H groups in total. The zero-order valence-electron chi connectivity index (χ0n) is 14.8. The van der Waals surface area contributed by atoms with Crippen molar-refractivity contribution in [2.75, 3.05) is 33.3 Å². The highest BCUT2D eigenvalue weighted by atomic mass is 19.1. The van der Waals surface area contributed by atoms with Gasteiger partial charge in [-0.2, -0.15) is 0 Å². The molecule has 0 aliphatic carbocycles. The standard InChI is InChI=1S/C20H25FN2O2/c1-3-23(15-17-9-5-4-6-10-17)20(24)16-22(2)13-14-25-19-12-8-7-11-18(19)21/h4-12H,3,13-16H2,1-2H3. The first-order chi connectivity index (χ1) is 12.1. The van der Waals surface area contributed by atoms with Crippen molar-refractivity contribution in [3.63, 3.8) is 0 Å². The Labute approximate surface area is 148 Å². The number of hydrogen-bond donors (Lipinski definition) is 0. The van der Waals surface area contributed by atoms with Crippen molar-refractivity contribution in [1.29, 1.82) is 0 Å². The molecule has 1 amide bonds. The first-order valence-electron chi connectivity index (χ1n) is 8.47. The minimum absolute atomic E-state index is 0.0692. The van der Waals surface area contributed by atoms with E-state index in [4.69, 9.17) is 4.74 Å². The Balaban J connectivity index is 1.77. The van der Waals surface area contributed by atoms with Crippen LogP contribution in [0.4, 0.5) is 4.39 Å². The third-order valence-electron chi connectivity index (χ3n) is 3.92. The lowest BCUT2D eigenvalue weighted by Crippen LogP contribution is -2.39. The third-order valence-corrected chi connectivity index (χ3v) is 3.92. The van der Waals surface area contributed by atoms with E-state index in [-0.39, 0.29) is 17.5 Å². The Morgan fingerprint density at radius 3 is 2.44 bits per heavy atom. The van der Waals surface area contributed by atoms with Gasteiger partial charge in [0.05, 0.1) is 6.54 Å². The Bertz CT molecular complexity index is 664. The summed E-state index contributed by atoms with van der Waals surface area (Å²) in [4.78, 5) is 16.2. The summed E-state index contributed by atoms with van der Waals surface area (Å²) < 4.78 is 18.9. The number of amides is 1. The quantitative estimate of drug-likeness (QED) is 0.700. The minimum Gasteiger partial charge on any atom is -0.489 e. The Morgan fingerprint density at radius 2 is 1.76 bits per heavy atom. The van der Waals surface area contributed by atoms with Crippen LogP contribution < -0.4 is 4.74 Å². The van der Waals surface area contributed by atoms with Crippen molar-refractivity contribution in [2.24, 2.45) is 0 Å². The van der Waals surface area contributed by atoms with Crippen molar-refractivity contribution >= 4 is 5.91 Å². The number of likely N-dealkylation sites (N-methyl/N-ethyl adjacent to an activating group) is 2. The molecule has 0 bridgehead atoms. The van der Waals surface area contributed by atoms with Crippen LogP contribution in [0.2, 0.25) is 0 Å². The van der Waals surface area contributed by atoms with Gasteiger partial charge in [-0.15, -0.1) is 0 Å². The Kier molecular flexibility index (Phi) is 7.41. The molecule has 0 saturated carbocycles. The first-order valence-corrected chi connectivity index (χ1v) is 8.47. The van der Waals surface area contributed by atoms with Gasteiger partial charge >= 0.3 is 0 Å². The lowest BCUT2D eigenvalue weighted by atomic mass is 10.2. The average molecular weight is 344 g/mol. The van der Waals surface area contributed by atoms with E-state index in [1.165, 1.54) is 6.07 Å². The minimum atomic E-state index is -0.374. The zero-order chi connectivity index (χ0) is 18.1. The SMILES string of the molecule is CCN(Cc1ccccc1)C(=O)CN(C)CCOc1ccccc1F. The molecule has 0 radical (unpaired) electrons. The van der Waals surface area contributed by atoms with E-state index >= 15 is 0 Å². The third kappa shape index (κ3) is 6.19. The van der Waals surface area contributed by atoms with Crippen LogP contribution in [0.25, 0.3) is 0 Å². The molecule has 2 aromatic rings. The largest absolute Gasteiger partial charge is 0.489 e. The van der Waals surface area contributed by atoms with Gasteiger partial charge in [0, 0.05) is 19.6 Å². The normalized spacial score (nSPS) is 10.7. The Hall–Kier alpha value is -2.40. The van der Waals surface area contributed by atoms with Gasteiger partial charge < -0.3 is 9.64 Å². The molecule has 0 aliphatic heterocycles. The number of benzene rings is 2. The summed E-state index contributed by atoms with van der Waals surface area (Å²) in [5.41, 5.74) is 1.11. The predicted molar refractivity (Wildman–Crippen MR) is 96.9 cm³/mol. The molecule has 0 saturated heterocycles. The second-order valence-electron chi connectivity index (χ2n) is 5.91. The fourth-order valence-electron chi connectivity index (χ4n) is 2.46. The van der Waals surface area contributed by atoms with E-state index in [1.807, 2.05) is 54.1 Å². The van der Waals surface area contributed by atoms with Gasteiger partial charge in [-0.3, -0.25) is 9.69 Å². The predicted octanol–water partition coefficient (Wildman–Crippen LogP) is 3.19. The molecule has 134 valence electrons. The number of carbonyl (C=O) groups excluding carboxylic acids is 1. The summed E-state index contributed by atoms with van der Waals surface area (Å²) in [6, 6.07) is 16.3. The maximum atomic E-state index is 13.5. The maximum absolute atomic E-state index is 13.5. The van der Waals surface area contributed by atoms with E-state index in [1.54, 1.807) is 18.2 Å². The number of ether oxygens (including phenoxy) is 1. The second-order valence-corrected chi connectivity index (χ2v) is 5.91. The van der Waals surface area contributed by atoms with Crippen LogP contribution >= 0.6 is 0 Å². The van der Waals surface area contributed by atoms with Gasteiger partial charge in [0.25, 0.3) is 0 Å². The van der Waals surface area contributed by atoms with E-state index in [9.17, 15) is 9.18 Å². The number of rotatable bonds is 9. The molecular formula is C20H25FN2O2. The fourth-order valence-corrected chi connectivity index (χ4v) is 2.46. The number of para-hydroxylation sites is 1. The molecule has 2 aromatic carbocycles. The smallest absolute Gasteiger partial charge is 0.237 e. The summed E-state index contributed by atoms with van der Waals surface area (Å²) in [6.07, 6.45) is 0. The highest BCUT2D eigenvalue weighted by Gasteiger charge is 2.14. The van der Waals surface area contributed by atoms with E-state index in [0.717, 1.165) is 5.56 Å². The first kappa shape index (κ1) is 18.9. The fraction of sp³-hybridized carbons (Fsp3) is 0.350. The van der Waals surface area contributed by atoms with Crippen LogP contribution in [0.5, 0.6) is 5.75 Å². The van der Waals surface area contributed by atoms with Crippen LogP contribution in [-0.4, -0.2) is 49.0 Å². The van der Waals surface area contributed by atoms with Crippen molar-refractivity contribution in [2.45, 2.75) is 13.5 Å². The molecule has 0 aromatic heterocycles. The van der Waals surface area contributed by atoms with Crippen LogP contribution in [0.3, 0.4) is 0 Å². The highest BCUT2D eigenvalue weighted by molar-refractivity contribution is 5.78. The zero-order valence-corrected chi connectivity index (χ0v) is 14.8. The maximum Gasteiger partial charge on any atom is 0.237 e. The van der Waals surface area contributed by atoms with Gasteiger partial charge in [-0.25, -0.2) is 4.39 Å². The van der Waals surface area contributed by atoms with Gasteiger partial charge in [-0.05, 0) is 31.7 Å². The number of carbonyl (C=O) groups is 1. The second kappa shape index (κ2) is 9.79. The summed E-state index contributed by atoms with van der Waals surface area (Å²) >= 11 is 0. The van der Waals surface area contributed by atoms with Crippen LogP contribution in [0.15, 0.2) is 54.6 Å². The summed E-state index contributed by atoms with van der Waals surface area (Å²) in [7, 11) is 1.86. The molecule has 5 heteroatoms. The molecule has 2 rings (SSSR count). The highest BCUT2D eigenvalue weighted by Crippen LogP contribution is 2.15. The molecule has 0 heterocycles. The van der Waals surface area contributed by atoms with E-state index < -0.39 is 0 Å². The monoisotopic (exact) mass is 344 g/mol. The van der Waals surface area contributed by atoms with Gasteiger partial charge in [0.15, 0.2) is 11.6 Å². The molecule has 0 fully saturated rings. The van der Waals surface area contributed by atoms with Crippen LogP contribution in [-0.2, 0) is 11.3 Å². The lowest BCUT2D eigenvalue weighted by Gasteiger charge is -2.24. The van der Waals surface area contributed by atoms with Gasteiger partial charge in [0.2, 0.25) is 5.91 Å². The molecule has 0 atom stereocenters. The van der Waals surface area contributed by atoms with Crippen molar-refractivity contribution < 1.29 is 13.9 Å². The Morgan fingerprint density at radius 1 is 1.08 bits per heavy atom. The van der Waals surface area contributed by atoms with Gasteiger partial charge in [0.1, 0.15) is 6.61 Å². The summed E-state index contributed by atoms with van der Waals surface area (Å²) in [5.74, 6) is -0.0671. The molecule has 0 aliphatic rings. The molecule has 0 spiro atoms. The van der Waals surface area contributed by atoms with E-state index in [0.29, 0.717) is 32.8 Å². The summed E-state index contributed by atoms with van der Waals surface area (Å²) in [5, 5.41) is 0. The topological polar surface area (TPSA) is 32.8 Å². The van der Waals surface area contributed by atoms with Crippen molar-refractivity contribution in [3.8, 4) is 5.75 Å².